The highest BCUT2D eigenvalue weighted by atomic mass is 16.5. The van der Waals surface area contributed by atoms with Crippen molar-refractivity contribution >= 4 is 0 Å². The van der Waals surface area contributed by atoms with Crippen molar-refractivity contribution < 1.29 is 25.5 Å². The van der Waals surface area contributed by atoms with Gasteiger partial charge in [0, 0.05) is 31.7 Å². The largest absolute Gasteiger partial charge is 0.508 e. The van der Waals surface area contributed by atoms with Gasteiger partial charge in [-0.05, 0) is 23.6 Å². The highest BCUT2D eigenvalue weighted by Gasteiger charge is 2.10. The summed E-state index contributed by atoms with van der Waals surface area (Å²) in [5.41, 5.74) is 2.67. The number of aromatic hydroxyl groups is 1. The molecule has 0 aliphatic heterocycles. The van der Waals surface area contributed by atoms with Crippen LogP contribution in [-0.4, -0.2) is 51.2 Å². The maximum Gasteiger partial charge on any atom is 0.164 e. The molecule has 0 fully saturated rings. The van der Waals surface area contributed by atoms with Gasteiger partial charge in [0.05, 0.1) is 0 Å². The van der Waals surface area contributed by atoms with Crippen molar-refractivity contribution in [2.75, 3.05) is 13.1 Å². The van der Waals surface area contributed by atoms with Gasteiger partial charge in [-0.2, -0.15) is 0 Å². The van der Waals surface area contributed by atoms with E-state index in [-0.39, 0.29) is 18.8 Å². The van der Waals surface area contributed by atoms with Crippen LogP contribution in [0.4, 0.5) is 0 Å². The number of benzene rings is 1. The van der Waals surface area contributed by atoms with Crippen molar-refractivity contribution in [1.29, 1.82) is 0 Å². The standard InChI is InChI=1S/C15H26N2O5/c1-2-3-10-4-12(7-17-9-15(21)22)13(18)5-11(10)6-16-8-14(19)20/h4-5,14-22H,2-3,6-9H2,1H3. The van der Waals surface area contributed by atoms with E-state index >= 15 is 0 Å². The van der Waals surface area contributed by atoms with Gasteiger partial charge in [0.1, 0.15) is 5.75 Å². The summed E-state index contributed by atoms with van der Waals surface area (Å²) in [7, 11) is 0. The van der Waals surface area contributed by atoms with E-state index in [2.05, 4.69) is 17.6 Å². The zero-order valence-corrected chi connectivity index (χ0v) is 12.8. The molecule has 0 heterocycles. The van der Waals surface area contributed by atoms with Crippen LogP contribution >= 0.6 is 0 Å². The van der Waals surface area contributed by atoms with Crippen LogP contribution in [0, 0.1) is 0 Å². The fourth-order valence-electron chi connectivity index (χ4n) is 2.21. The Labute approximate surface area is 130 Å². The first-order valence-electron chi connectivity index (χ1n) is 7.41. The van der Waals surface area contributed by atoms with Crippen LogP contribution < -0.4 is 10.6 Å². The van der Waals surface area contributed by atoms with E-state index in [4.69, 9.17) is 20.4 Å². The maximum atomic E-state index is 10.1. The maximum absolute atomic E-state index is 10.1. The lowest BCUT2D eigenvalue weighted by Crippen LogP contribution is -2.27. The Kier molecular flexibility index (Phi) is 8.32. The van der Waals surface area contributed by atoms with Gasteiger partial charge < -0.3 is 36.2 Å². The topological polar surface area (TPSA) is 125 Å². The monoisotopic (exact) mass is 314 g/mol. The van der Waals surface area contributed by atoms with E-state index in [1.165, 1.54) is 0 Å². The smallest absolute Gasteiger partial charge is 0.164 e. The Morgan fingerprint density at radius 1 is 0.864 bits per heavy atom. The van der Waals surface area contributed by atoms with Gasteiger partial charge >= 0.3 is 0 Å². The number of aryl methyl sites for hydroxylation is 1. The predicted octanol–water partition coefficient (Wildman–Crippen LogP) is -0.855. The van der Waals surface area contributed by atoms with Crippen LogP contribution in [0.15, 0.2) is 12.1 Å². The van der Waals surface area contributed by atoms with Gasteiger partial charge in [0.2, 0.25) is 0 Å². The molecule has 0 aliphatic carbocycles. The van der Waals surface area contributed by atoms with E-state index in [0.717, 1.165) is 24.0 Å². The molecule has 0 amide bonds. The number of hydrogen-bond donors (Lipinski definition) is 7. The number of hydrogen-bond acceptors (Lipinski definition) is 7. The van der Waals surface area contributed by atoms with Crippen LogP contribution in [0.1, 0.15) is 30.0 Å². The van der Waals surface area contributed by atoms with E-state index in [1.807, 2.05) is 6.07 Å². The molecule has 22 heavy (non-hydrogen) atoms. The molecule has 0 atom stereocenters. The highest BCUT2D eigenvalue weighted by molar-refractivity contribution is 5.42. The average Bonchev–Trinajstić information content (AvgIpc) is 2.42. The molecule has 7 heteroatoms. The van der Waals surface area contributed by atoms with Gasteiger partial charge in [-0.1, -0.05) is 19.4 Å². The van der Waals surface area contributed by atoms with Gasteiger partial charge in [-0.25, -0.2) is 0 Å². The molecular formula is C15H26N2O5. The van der Waals surface area contributed by atoms with Crippen molar-refractivity contribution in [2.45, 2.75) is 45.4 Å². The molecule has 0 saturated heterocycles. The third-order valence-electron chi connectivity index (χ3n) is 3.20. The van der Waals surface area contributed by atoms with E-state index in [9.17, 15) is 5.11 Å². The third kappa shape index (κ3) is 6.69. The molecular weight excluding hydrogens is 288 g/mol. The molecule has 1 aromatic carbocycles. The van der Waals surface area contributed by atoms with Crippen molar-refractivity contribution in [3.8, 4) is 5.75 Å². The van der Waals surface area contributed by atoms with Crippen molar-refractivity contribution in [1.82, 2.24) is 10.6 Å². The Bertz CT molecular complexity index is 452. The van der Waals surface area contributed by atoms with Crippen LogP contribution in [0.3, 0.4) is 0 Å². The zero-order valence-electron chi connectivity index (χ0n) is 12.8. The summed E-state index contributed by atoms with van der Waals surface area (Å²) in [5, 5.41) is 51.1. The van der Waals surface area contributed by atoms with Gasteiger partial charge in [0.15, 0.2) is 12.6 Å². The minimum atomic E-state index is -1.43. The number of nitrogens with one attached hydrogen (secondary N) is 2. The molecule has 0 aromatic heterocycles. The van der Waals surface area contributed by atoms with Gasteiger partial charge in [-0.15, -0.1) is 0 Å². The van der Waals surface area contributed by atoms with Crippen LogP contribution in [0.2, 0.25) is 0 Å². The van der Waals surface area contributed by atoms with E-state index in [1.54, 1.807) is 6.07 Å². The lowest BCUT2D eigenvalue weighted by Gasteiger charge is -2.15. The first kappa shape index (κ1) is 18.8. The van der Waals surface area contributed by atoms with Crippen LogP contribution in [0.25, 0.3) is 0 Å². The Morgan fingerprint density at radius 2 is 1.41 bits per heavy atom. The minimum Gasteiger partial charge on any atom is -0.508 e. The van der Waals surface area contributed by atoms with Gasteiger partial charge in [0.25, 0.3) is 0 Å². The molecule has 1 aromatic rings. The second kappa shape index (κ2) is 9.73. The van der Waals surface area contributed by atoms with E-state index < -0.39 is 12.6 Å². The van der Waals surface area contributed by atoms with Crippen molar-refractivity contribution in [2.24, 2.45) is 0 Å². The second-order valence-electron chi connectivity index (χ2n) is 5.22. The molecule has 0 radical (unpaired) electrons. The van der Waals surface area contributed by atoms with Crippen LogP contribution in [0.5, 0.6) is 5.75 Å². The normalized spacial score (nSPS) is 11.6. The molecule has 0 bridgehead atoms. The molecule has 7 N–H and O–H groups in total. The predicted molar refractivity (Wildman–Crippen MR) is 82.0 cm³/mol. The Hall–Kier alpha value is -1.22. The number of phenols is 1. The minimum absolute atomic E-state index is 0.0280. The van der Waals surface area contributed by atoms with Crippen molar-refractivity contribution in [3.05, 3.63) is 28.8 Å². The quantitative estimate of drug-likeness (QED) is 0.280. The highest BCUT2D eigenvalue weighted by Crippen LogP contribution is 2.24. The molecule has 1 rings (SSSR count). The van der Waals surface area contributed by atoms with E-state index in [0.29, 0.717) is 18.7 Å². The zero-order chi connectivity index (χ0) is 16.5. The molecule has 0 unspecified atom stereocenters. The Balaban J connectivity index is 2.78. The summed E-state index contributed by atoms with van der Waals surface area (Å²) < 4.78 is 0. The summed E-state index contributed by atoms with van der Waals surface area (Å²) in [6, 6.07) is 3.55. The van der Waals surface area contributed by atoms with Gasteiger partial charge in [-0.3, -0.25) is 0 Å². The first-order chi connectivity index (χ1) is 10.4. The summed E-state index contributed by atoms with van der Waals surface area (Å²) in [5.74, 6) is 0.126. The number of aliphatic hydroxyl groups is 4. The summed E-state index contributed by atoms with van der Waals surface area (Å²) >= 11 is 0. The summed E-state index contributed by atoms with van der Waals surface area (Å²) in [4.78, 5) is 0. The lowest BCUT2D eigenvalue weighted by molar-refractivity contribution is -0.0380. The van der Waals surface area contributed by atoms with Crippen molar-refractivity contribution in [3.63, 3.8) is 0 Å². The molecule has 0 saturated carbocycles. The number of aliphatic hydroxyl groups excluding tert-OH is 2. The molecule has 126 valence electrons. The third-order valence-corrected chi connectivity index (χ3v) is 3.20. The number of rotatable bonds is 10. The average molecular weight is 314 g/mol. The molecule has 0 spiro atoms. The van der Waals surface area contributed by atoms with Crippen LogP contribution in [-0.2, 0) is 19.5 Å². The fourth-order valence-corrected chi connectivity index (χ4v) is 2.21. The summed E-state index contributed by atoms with van der Waals surface area (Å²) in [6.07, 6.45) is -1.04. The molecule has 0 aliphatic rings. The molecule has 7 nitrogen and oxygen atoms in total. The fraction of sp³-hybridized carbons (Fsp3) is 0.600. The summed E-state index contributed by atoms with van der Waals surface area (Å²) in [6.45, 7) is 2.92. The number of phenolic OH excluding ortho intramolecular Hbond substituents is 1. The second-order valence-corrected chi connectivity index (χ2v) is 5.22. The Morgan fingerprint density at radius 3 is 1.91 bits per heavy atom. The lowest BCUT2D eigenvalue weighted by atomic mass is 9.99. The first-order valence-corrected chi connectivity index (χ1v) is 7.41. The SMILES string of the molecule is CCCc1cc(CNCC(O)O)c(O)cc1CNCC(O)O.